The number of aliphatic hydroxyl groups is 3. The molecule has 5 heteroatoms. The molecule has 1 aliphatic carbocycles. The molecule has 0 amide bonds. The van der Waals surface area contributed by atoms with Gasteiger partial charge in [0.2, 0.25) is 0 Å². The Bertz CT molecular complexity index is 677. The van der Waals surface area contributed by atoms with Crippen molar-refractivity contribution < 1.29 is 20.1 Å². The summed E-state index contributed by atoms with van der Waals surface area (Å²) in [6, 6.07) is 15.7. The van der Waals surface area contributed by atoms with Crippen LogP contribution in [0.3, 0.4) is 0 Å². The lowest BCUT2D eigenvalue weighted by Crippen LogP contribution is -2.35. The van der Waals surface area contributed by atoms with Gasteiger partial charge in [-0.3, -0.25) is 0 Å². The normalized spacial score (nSPS) is 20.8. The fraction of sp³-hybridized carbons (Fsp3) is 0.400. The topological polar surface area (TPSA) is 82.0 Å². The SMILES string of the molecule is OC(CNCc1ccccc1)COc1cccc2c1C[C@H](O)[C@H](O)C2. The van der Waals surface area contributed by atoms with Gasteiger partial charge in [0.05, 0.1) is 12.2 Å². The molecule has 0 fully saturated rings. The lowest BCUT2D eigenvalue weighted by Gasteiger charge is -2.27. The van der Waals surface area contributed by atoms with Gasteiger partial charge in [-0.05, 0) is 17.2 Å². The zero-order valence-electron chi connectivity index (χ0n) is 14.1. The highest BCUT2D eigenvalue weighted by Crippen LogP contribution is 2.30. The van der Waals surface area contributed by atoms with E-state index in [1.807, 2.05) is 48.5 Å². The Morgan fingerprint density at radius 1 is 1.00 bits per heavy atom. The second kappa shape index (κ2) is 8.45. The first-order chi connectivity index (χ1) is 12.1. The van der Waals surface area contributed by atoms with Crippen molar-refractivity contribution in [2.24, 2.45) is 0 Å². The van der Waals surface area contributed by atoms with E-state index in [4.69, 9.17) is 4.74 Å². The van der Waals surface area contributed by atoms with Gasteiger partial charge in [0.1, 0.15) is 18.5 Å². The van der Waals surface area contributed by atoms with Crippen LogP contribution in [-0.2, 0) is 19.4 Å². The molecule has 0 saturated carbocycles. The fourth-order valence-electron chi connectivity index (χ4n) is 3.10. The van der Waals surface area contributed by atoms with Crippen LogP contribution in [0.4, 0.5) is 0 Å². The maximum Gasteiger partial charge on any atom is 0.123 e. The van der Waals surface area contributed by atoms with E-state index in [-0.39, 0.29) is 6.61 Å². The van der Waals surface area contributed by atoms with Gasteiger partial charge >= 0.3 is 0 Å². The van der Waals surface area contributed by atoms with Gasteiger partial charge in [0.15, 0.2) is 0 Å². The van der Waals surface area contributed by atoms with Crippen LogP contribution in [-0.4, -0.2) is 46.8 Å². The average Bonchev–Trinajstić information content (AvgIpc) is 2.62. The number of hydrogen-bond donors (Lipinski definition) is 4. The van der Waals surface area contributed by atoms with Gasteiger partial charge in [-0.1, -0.05) is 42.5 Å². The minimum absolute atomic E-state index is 0.177. The number of fused-ring (bicyclic) bond motifs is 1. The molecule has 3 rings (SSSR count). The summed E-state index contributed by atoms with van der Waals surface area (Å²) >= 11 is 0. The Balaban J connectivity index is 1.49. The lowest BCUT2D eigenvalue weighted by molar-refractivity contribution is 0.0132. The molecule has 4 N–H and O–H groups in total. The molecule has 134 valence electrons. The van der Waals surface area contributed by atoms with Crippen molar-refractivity contribution in [3.8, 4) is 5.75 Å². The highest BCUT2D eigenvalue weighted by atomic mass is 16.5. The standard InChI is InChI=1S/C20H25NO4/c22-16(12-21-11-14-5-2-1-3-6-14)13-25-20-8-4-7-15-9-18(23)19(24)10-17(15)20/h1-8,16,18-19,21-24H,9-13H2/t16?,18-,19+/m1/s1. The molecule has 0 saturated heterocycles. The Hall–Kier alpha value is -1.92. The van der Waals surface area contributed by atoms with Gasteiger partial charge in [0.25, 0.3) is 0 Å². The third-order valence-corrected chi connectivity index (χ3v) is 4.50. The average molecular weight is 343 g/mol. The molecule has 25 heavy (non-hydrogen) atoms. The first kappa shape index (κ1) is 17.9. The second-order valence-electron chi connectivity index (χ2n) is 6.52. The lowest BCUT2D eigenvalue weighted by atomic mass is 9.87. The quantitative estimate of drug-likeness (QED) is 0.604. The van der Waals surface area contributed by atoms with E-state index in [0.717, 1.165) is 11.1 Å². The molecule has 0 aliphatic heterocycles. The fourth-order valence-corrected chi connectivity index (χ4v) is 3.10. The third kappa shape index (κ3) is 4.80. The Kier molecular flexibility index (Phi) is 6.04. The smallest absolute Gasteiger partial charge is 0.123 e. The third-order valence-electron chi connectivity index (χ3n) is 4.50. The molecule has 0 spiro atoms. The summed E-state index contributed by atoms with van der Waals surface area (Å²) in [4.78, 5) is 0. The molecule has 0 aromatic heterocycles. The molecular formula is C20H25NO4. The van der Waals surface area contributed by atoms with Crippen LogP contribution in [0.2, 0.25) is 0 Å². The predicted molar refractivity (Wildman–Crippen MR) is 95.5 cm³/mol. The van der Waals surface area contributed by atoms with E-state index in [2.05, 4.69) is 5.32 Å². The van der Waals surface area contributed by atoms with E-state index in [1.54, 1.807) is 0 Å². The van der Waals surface area contributed by atoms with Crippen molar-refractivity contribution >= 4 is 0 Å². The van der Waals surface area contributed by atoms with Crippen LogP contribution >= 0.6 is 0 Å². The van der Waals surface area contributed by atoms with Crippen molar-refractivity contribution in [1.82, 2.24) is 5.32 Å². The van der Waals surface area contributed by atoms with Gasteiger partial charge < -0.3 is 25.4 Å². The van der Waals surface area contributed by atoms with Crippen molar-refractivity contribution in [3.63, 3.8) is 0 Å². The minimum atomic E-state index is -0.769. The van der Waals surface area contributed by atoms with E-state index in [1.165, 1.54) is 5.56 Å². The van der Waals surface area contributed by atoms with Gasteiger partial charge in [-0.15, -0.1) is 0 Å². The summed E-state index contributed by atoms with van der Waals surface area (Å²) in [6.07, 6.45) is -1.33. The molecule has 0 heterocycles. The number of nitrogens with one attached hydrogen (secondary N) is 1. The Labute approximate surface area is 147 Å². The first-order valence-electron chi connectivity index (χ1n) is 8.66. The van der Waals surface area contributed by atoms with E-state index < -0.39 is 18.3 Å². The van der Waals surface area contributed by atoms with E-state index in [0.29, 0.717) is 31.7 Å². The maximum atomic E-state index is 10.1. The zero-order chi connectivity index (χ0) is 17.6. The monoisotopic (exact) mass is 343 g/mol. The summed E-state index contributed by atoms with van der Waals surface area (Å²) in [7, 11) is 0. The molecular weight excluding hydrogens is 318 g/mol. The molecule has 1 unspecified atom stereocenters. The minimum Gasteiger partial charge on any atom is -0.491 e. The first-order valence-corrected chi connectivity index (χ1v) is 8.66. The van der Waals surface area contributed by atoms with Crippen molar-refractivity contribution in [2.45, 2.75) is 37.7 Å². The van der Waals surface area contributed by atoms with E-state index in [9.17, 15) is 15.3 Å². The number of hydrogen-bond acceptors (Lipinski definition) is 5. The summed E-state index contributed by atoms with van der Waals surface area (Å²) in [5.74, 6) is 0.672. The van der Waals surface area contributed by atoms with Crippen molar-refractivity contribution in [3.05, 3.63) is 65.2 Å². The van der Waals surface area contributed by atoms with Crippen molar-refractivity contribution in [1.29, 1.82) is 0 Å². The maximum absolute atomic E-state index is 10.1. The molecule has 1 aliphatic rings. The van der Waals surface area contributed by atoms with Crippen LogP contribution in [0.15, 0.2) is 48.5 Å². The van der Waals surface area contributed by atoms with E-state index >= 15 is 0 Å². The summed E-state index contributed by atoms with van der Waals surface area (Å²) in [5, 5.41) is 33.0. The molecule has 3 atom stereocenters. The van der Waals surface area contributed by atoms with Gasteiger partial charge in [0, 0.05) is 31.5 Å². The Morgan fingerprint density at radius 3 is 2.56 bits per heavy atom. The summed E-state index contributed by atoms with van der Waals surface area (Å²) in [6.45, 7) is 1.31. The summed E-state index contributed by atoms with van der Waals surface area (Å²) in [5.41, 5.74) is 3.08. The van der Waals surface area contributed by atoms with Crippen LogP contribution in [0, 0.1) is 0 Å². The Morgan fingerprint density at radius 2 is 1.76 bits per heavy atom. The van der Waals surface area contributed by atoms with Gasteiger partial charge in [-0.2, -0.15) is 0 Å². The van der Waals surface area contributed by atoms with Crippen molar-refractivity contribution in [2.75, 3.05) is 13.2 Å². The summed E-state index contributed by atoms with van der Waals surface area (Å²) < 4.78 is 5.77. The zero-order valence-corrected chi connectivity index (χ0v) is 14.1. The van der Waals surface area contributed by atoms with Crippen LogP contribution in [0.1, 0.15) is 16.7 Å². The molecule has 0 radical (unpaired) electrons. The molecule has 0 bridgehead atoms. The molecule has 5 nitrogen and oxygen atoms in total. The predicted octanol–water partition coefficient (Wildman–Crippen LogP) is 1.04. The number of rotatable bonds is 7. The number of benzene rings is 2. The highest BCUT2D eigenvalue weighted by molar-refractivity contribution is 5.43. The number of ether oxygens (including phenoxy) is 1. The van der Waals surface area contributed by atoms with Crippen LogP contribution in [0.25, 0.3) is 0 Å². The molecule has 2 aromatic carbocycles. The largest absolute Gasteiger partial charge is 0.491 e. The molecule has 2 aromatic rings. The highest BCUT2D eigenvalue weighted by Gasteiger charge is 2.27. The second-order valence-corrected chi connectivity index (χ2v) is 6.52. The number of aliphatic hydroxyl groups excluding tert-OH is 3. The van der Waals surface area contributed by atoms with Crippen LogP contribution in [0.5, 0.6) is 5.75 Å². The van der Waals surface area contributed by atoms with Crippen LogP contribution < -0.4 is 10.1 Å². The van der Waals surface area contributed by atoms with Gasteiger partial charge in [-0.25, -0.2) is 0 Å².